The molecule has 1 N–H and O–H groups in total. The van der Waals surface area contributed by atoms with E-state index in [2.05, 4.69) is 20.0 Å². The zero-order valence-corrected chi connectivity index (χ0v) is 11.1. The molecule has 20 heavy (non-hydrogen) atoms. The van der Waals surface area contributed by atoms with Crippen molar-refractivity contribution in [2.24, 2.45) is 5.10 Å². The Hall–Kier alpha value is -2.70. The van der Waals surface area contributed by atoms with Crippen molar-refractivity contribution in [2.45, 2.75) is 6.42 Å². The monoisotopic (exact) mass is 278 g/mol. The number of methoxy groups -OCH3 is 2. The Labute approximate surface area is 115 Å². The molecule has 1 aromatic rings. The van der Waals surface area contributed by atoms with Gasteiger partial charge in [-0.15, -0.1) is 0 Å². The number of Topliss-reactive ketones (excluding diaryl/α,β-unsaturated/α-hetero) is 1. The van der Waals surface area contributed by atoms with E-state index in [4.69, 9.17) is 0 Å². The van der Waals surface area contributed by atoms with E-state index in [0.717, 1.165) is 14.2 Å². The van der Waals surface area contributed by atoms with E-state index in [1.54, 1.807) is 30.3 Å². The molecule has 0 bridgehead atoms. The highest BCUT2D eigenvalue weighted by Crippen LogP contribution is 2.05. The van der Waals surface area contributed by atoms with Gasteiger partial charge in [0.05, 0.1) is 19.9 Å². The van der Waals surface area contributed by atoms with Gasteiger partial charge in [-0.1, -0.05) is 18.2 Å². The van der Waals surface area contributed by atoms with E-state index in [9.17, 15) is 14.4 Å². The van der Waals surface area contributed by atoms with Gasteiger partial charge in [-0.3, -0.25) is 15.0 Å². The number of hydrazone groups is 1. The van der Waals surface area contributed by atoms with Crippen molar-refractivity contribution < 1.29 is 23.9 Å². The Bertz CT molecular complexity index is 525. The van der Waals surface area contributed by atoms with Gasteiger partial charge in [-0.2, -0.15) is 5.10 Å². The lowest BCUT2D eigenvalue weighted by atomic mass is 10.2. The second-order valence-electron chi connectivity index (χ2n) is 3.61. The number of esters is 2. The summed E-state index contributed by atoms with van der Waals surface area (Å²) in [6, 6.07) is 8.71. The predicted molar refractivity (Wildman–Crippen MR) is 71.2 cm³/mol. The van der Waals surface area contributed by atoms with Gasteiger partial charge in [0.1, 0.15) is 6.42 Å². The summed E-state index contributed by atoms with van der Waals surface area (Å²) in [6.07, 6.45) is -0.582. The van der Waals surface area contributed by atoms with Crippen LogP contribution < -0.4 is 5.43 Å². The molecule has 7 heteroatoms. The number of para-hydroxylation sites is 1. The van der Waals surface area contributed by atoms with Crippen LogP contribution in [0.5, 0.6) is 0 Å². The van der Waals surface area contributed by atoms with Crippen LogP contribution in [0.3, 0.4) is 0 Å². The van der Waals surface area contributed by atoms with E-state index >= 15 is 0 Å². The van der Waals surface area contributed by atoms with Crippen molar-refractivity contribution in [1.82, 2.24) is 0 Å². The number of nitrogens with zero attached hydrogens (tertiary/aromatic N) is 1. The minimum absolute atomic E-state index is 0.498. The predicted octanol–water partition coefficient (Wildman–Crippen LogP) is 0.760. The molecule has 0 saturated carbocycles. The number of ether oxygens (including phenoxy) is 2. The summed E-state index contributed by atoms with van der Waals surface area (Å²) in [5, 5.41) is 3.69. The summed E-state index contributed by atoms with van der Waals surface area (Å²) in [7, 11) is 2.26. The van der Waals surface area contributed by atoms with Crippen LogP contribution in [-0.4, -0.2) is 37.7 Å². The molecule has 0 spiro atoms. The summed E-state index contributed by atoms with van der Waals surface area (Å²) in [5.74, 6) is -2.47. The van der Waals surface area contributed by atoms with Crippen LogP contribution in [0.25, 0.3) is 0 Å². The molecule has 0 unspecified atom stereocenters. The lowest BCUT2D eigenvalue weighted by Crippen LogP contribution is -2.28. The average molecular weight is 278 g/mol. The van der Waals surface area contributed by atoms with Gasteiger partial charge in [0, 0.05) is 0 Å². The first kappa shape index (κ1) is 15.4. The van der Waals surface area contributed by atoms with Gasteiger partial charge in [-0.25, -0.2) is 4.79 Å². The Morgan fingerprint density at radius 2 is 1.75 bits per heavy atom. The number of hydrogen-bond donors (Lipinski definition) is 1. The Morgan fingerprint density at radius 1 is 1.10 bits per heavy atom. The standard InChI is InChI=1S/C13H14N2O5/c1-19-11(17)8-10(16)12(13(18)20-2)15-14-9-6-4-3-5-7-9/h3-7,14H,8H2,1-2H3. The smallest absolute Gasteiger partial charge is 0.362 e. The first-order chi connectivity index (χ1) is 9.58. The van der Waals surface area contributed by atoms with Crippen molar-refractivity contribution >= 4 is 29.1 Å². The lowest BCUT2D eigenvalue weighted by molar-refractivity contribution is -0.142. The van der Waals surface area contributed by atoms with Crippen LogP contribution in [0.2, 0.25) is 0 Å². The molecule has 0 atom stereocenters. The van der Waals surface area contributed by atoms with Crippen LogP contribution in [0.15, 0.2) is 35.4 Å². The number of carbonyl (C=O) groups is 3. The average Bonchev–Trinajstić information content (AvgIpc) is 2.47. The molecule has 0 aliphatic heterocycles. The largest absolute Gasteiger partial charge is 0.469 e. The highest BCUT2D eigenvalue weighted by Gasteiger charge is 2.24. The van der Waals surface area contributed by atoms with E-state index in [1.807, 2.05) is 0 Å². The lowest BCUT2D eigenvalue weighted by Gasteiger charge is -2.04. The van der Waals surface area contributed by atoms with Crippen molar-refractivity contribution in [3.63, 3.8) is 0 Å². The van der Waals surface area contributed by atoms with Crippen molar-refractivity contribution in [1.29, 1.82) is 0 Å². The summed E-state index contributed by atoms with van der Waals surface area (Å²) in [6.45, 7) is 0. The van der Waals surface area contributed by atoms with Gasteiger partial charge >= 0.3 is 11.9 Å². The van der Waals surface area contributed by atoms with Gasteiger partial charge in [0.15, 0.2) is 0 Å². The molecule has 0 aliphatic carbocycles. The van der Waals surface area contributed by atoms with Crippen LogP contribution in [0.4, 0.5) is 5.69 Å². The van der Waals surface area contributed by atoms with Gasteiger partial charge in [-0.05, 0) is 12.1 Å². The number of carbonyl (C=O) groups excluding carboxylic acids is 3. The van der Waals surface area contributed by atoms with Crippen molar-refractivity contribution in [3.8, 4) is 0 Å². The third kappa shape index (κ3) is 4.52. The summed E-state index contributed by atoms with van der Waals surface area (Å²) in [4.78, 5) is 34.3. The third-order valence-electron chi connectivity index (χ3n) is 2.25. The number of anilines is 1. The van der Waals surface area contributed by atoms with Gasteiger partial charge in [0.2, 0.25) is 11.5 Å². The molecule has 0 amide bonds. The number of ketones is 1. The number of rotatable bonds is 6. The van der Waals surface area contributed by atoms with Gasteiger partial charge < -0.3 is 9.47 Å². The van der Waals surface area contributed by atoms with Crippen molar-refractivity contribution in [3.05, 3.63) is 30.3 Å². The zero-order chi connectivity index (χ0) is 15.0. The normalized spacial score (nSPS) is 10.6. The summed E-state index contributed by atoms with van der Waals surface area (Å²) < 4.78 is 8.81. The minimum Gasteiger partial charge on any atom is -0.469 e. The molecule has 1 aromatic carbocycles. The fraction of sp³-hybridized carbons (Fsp3) is 0.231. The second kappa shape index (κ2) is 7.67. The van der Waals surface area contributed by atoms with E-state index in [0.29, 0.717) is 5.69 Å². The fourth-order valence-corrected chi connectivity index (χ4v) is 1.24. The molecular formula is C13H14N2O5. The topological polar surface area (TPSA) is 94.1 Å². The molecule has 0 radical (unpaired) electrons. The van der Waals surface area contributed by atoms with Crippen LogP contribution >= 0.6 is 0 Å². The fourth-order valence-electron chi connectivity index (χ4n) is 1.24. The molecule has 1 rings (SSSR count). The maximum absolute atomic E-state index is 11.8. The van der Waals surface area contributed by atoms with Gasteiger partial charge in [0.25, 0.3) is 0 Å². The van der Waals surface area contributed by atoms with Crippen LogP contribution in [-0.2, 0) is 23.9 Å². The van der Waals surface area contributed by atoms with E-state index in [1.165, 1.54) is 0 Å². The van der Waals surface area contributed by atoms with Crippen LogP contribution in [0, 0.1) is 0 Å². The van der Waals surface area contributed by atoms with Crippen molar-refractivity contribution in [2.75, 3.05) is 19.6 Å². The Balaban J connectivity index is 2.86. The molecule has 0 saturated heterocycles. The number of hydrogen-bond acceptors (Lipinski definition) is 7. The third-order valence-corrected chi connectivity index (χ3v) is 2.25. The molecule has 0 fully saturated rings. The summed E-state index contributed by atoms with van der Waals surface area (Å²) in [5.41, 5.74) is 2.63. The first-order valence-electron chi connectivity index (χ1n) is 5.65. The summed E-state index contributed by atoms with van der Waals surface area (Å²) >= 11 is 0. The van der Waals surface area contributed by atoms with E-state index < -0.39 is 29.9 Å². The Morgan fingerprint density at radius 3 is 2.30 bits per heavy atom. The second-order valence-corrected chi connectivity index (χ2v) is 3.61. The highest BCUT2D eigenvalue weighted by molar-refractivity contribution is 6.65. The van der Waals surface area contributed by atoms with Crippen LogP contribution in [0.1, 0.15) is 6.42 Å². The van der Waals surface area contributed by atoms with E-state index in [-0.39, 0.29) is 0 Å². The molecular weight excluding hydrogens is 264 g/mol. The highest BCUT2D eigenvalue weighted by atomic mass is 16.5. The number of nitrogens with one attached hydrogen (secondary N) is 1. The molecule has 0 aromatic heterocycles. The number of benzene rings is 1. The SMILES string of the molecule is COC(=O)CC(=O)C(=NNc1ccccc1)C(=O)OC. The molecule has 7 nitrogen and oxygen atoms in total. The molecule has 0 aliphatic rings. The minimum atomic E-state index is -0.928. The zero-order valence-electron chi connectivity index (χ0n) is 11.1. The molecule has 106 valence electrons. The molecule has 0 heterocycles. The quantitative estimate of drug-likeness (QED) is 0.357. The first-order valence-corrected chi connectivity index (χ1v) is 5.65. The Kier molecular flexibility index (Phi) is 5.89. The maximum Gasteiger partial charge on any atom is 0.362 e. The maximum atomic E-state index is 11.8.